The van der Waals surface area contributed by atoms with Gasteiger partial charge in [-0.15, -0.1) is 6.58 Å². The molecule has 0 rings (SSSR count). The molecule has 0 saturated heterocycles. The molecule has 0 aliphatic heterocycles. The Hall–Kier alpha value is 2.39. The molecule has 0 heterocycles. The molecule has 0 bridgehead atoms. The maximum absolute atomic E-state index is 10.8. The first-order valence-corrected chi connectivity index (χ1v) is 6.53. The van der Waals surface area contributed by atoms with Crippen LogP contribution in [0.5, 0.6) is 0 Å². The first kappa shape index (κ1) is 32.4. The molecule has 13 heteroatoms. The first-order chi connectivity index (χ1) is 6.12. The van der Waals surface area contributed by atoms with E-state index in [2.05, 4.69) is 15.4 Å². The van der Waals surface area contributed by atoms with Crippen LogP contribution >= 0.6 is 15.6 Å². The minimum Gasteiger partial charge on any atom is -0.302 e. The van der Waals surface area contributed by atoms with E-state index in [9.17, 15) is 9.13 Å². The molecule has 3 N–H and O–H groups in total. The number of rotatable bonds is 6. The average molecular weight is 274 g/mol. The van der Waals surface area contributed by atoms with Gasteiger partial charge in [0.15, 0.2) is 0 Å². The summed E-state index contributed by atoms with van der Waals surface area (Å²) < 4.78 is 28.8. The Labute approximate surface area is 154 Å². The largest absolute Gasteiger partial charge is 1.00 e. The summed E-state index contributed by atoms with van der Waals surface area (Å²) in [5.74, 6) is 0. The molecule has 1 atom stereocenters. The van der Waals surface area contributed by atoms with Crippen LogP contribution < -0.4 is 75.4 Å². The van der Waals surface area contributed by atoms with Gasteiger partial charge >= 0.3 is 91.1 Å². The van der Waals surface area contributed by atoms with Crippen molar-refractivity contribution in [2.75, 3.05) is 6.61 Å². The van der Waals surface area contributed by atoms with Gasteiger partial charge in [-0.3, -0.25) is 4.52 Å². The maximum atomic E-state index is 10.8. The molecule has 0 aromatic heterocycles. The standard InChI is InChI=1S/C5H12O7P2.4Li/c1-5(2)3-4-11-14(9,10)12-13(6,7)8;;;;/h1,3-4H2,2H3,(H,9,10)(H2,6,7,8);;;;/q;4*+1. The molecule has 1 unspecified atom stereocenters. The van der Waals surface area contributed by atoms with Crippen molar-refractivity contribution in [2.24, 2.45) is 0 Å². The summed E-state index contributed by atoms with van der Waals surface area (Å²) in [6.07, 6.45) is 0.301. The molecule has 0 amide bonds. The maximum Gasteiger partial charge on any atom is 1.00 e. The van der Waals surface area contributed by atoms with E-state index in [1.807, 2.05) is 0 Å². The van der Waals surface area contributed by atoms with Gasteiger partial charge in [-0.1, -0.05) is 5.57 Å². The van der Waals surface area contributed by atoms with Gasteiger partial charge in [0.1, 0.15) is 0 Å². The summed E-state index contributed by atoms with van der Waals surface area (Å²) in [5, 5.41) is 0. The zero-order chi connectivity index (χ0) is 11.4. The normalized spacial score (nSPS) is 12.7. The van der Waals surface area contributed by atoms with Gasteiger partial charge in [0.25, 0.3) is 0 Å². The zero-order valence-electron chi connectivity index (χ0n) is 11.5. The van der Waals surface area contributed by atoms with E-state index in [1.165, 1.54) is 0 Å². The molecule has 84 valence electrons. The molecular formula is C5H12Li4O7P2+4. The van der Waals surface area contributed by atoms with Crippen LogP contribution in [0.2, 0.25) is 0 Å². The Morgan fingerprint density at radius 1 is 1.11 bits per heavy atom. The van der Waals surface area contributed by atoms with Crippen molar-refractivity contribution in [3.05, 3.63) is 12.2 Å². The van der Waals surface area contributed by atoms with E-state index in [4.69, 9.17) is 14.7 Å². The molecule has 0 aromatic rings. The fourth-order valence-corrected chi connectivity index (χ4v) is 2.08. The average Bonchev–Trinajstić information content (AvgIpc) is 1.78. The monoisotopic (exact) mass is 274 g/mol. The van der Waals surface area contributed by atoms with Crippen molar-refractivity contribution >= 4 is 15.6 Å². The van der Waals surface area contributed by atoms with Crippen LogP contribution in [-0.4, -0.2) is 21.3 Å². The van der Waals surface area contributed by atoms with Gasteiger partial charge in [0.05, 0.1) is 6.61 Å². The predicted octanol–water partition coefficient (Wildman–Crippen LogP) is -10.8. The van der Waals surface area contributed by atoms with Crippen LogP contribution in [0.1, 0.15) is 13.3 Å². The van der Waals surface area contributed by atoms with Gasteiger partial charge in [-0.05, 0) is 13.3 Å². The third kappa shape index (κ3) is 23.5. The smallest absolute Gasteiger partial charge is 0.302 e. The van der Waals surface area contributed by atoms with Crippen molar-refractivity contribution < 1.29 is 108 Å². The van der Waals surface area contributed by atoms with Gasteiger partial charge in [-0.25, -0.2) is 9.13 Å². The molecule has 0 spiro atoms. The number of hydrogen-bond donors (Lipinski definition) is 3. The minimum atomic E-state index is -5.01. The quantitative estimate of drug-likeness (QED) is 0.250. The zero-order valence-corrected chi connectivity index (χ0v) is 13.3. The topological polar surface area (TPSA) is 113 Å². The van der Waals surface area contributed by atoms with Crippen LogP contribution in [0.25, 0.3) is 0 Å². The van der Waals surface area contributed by atoms with E-state index in [-0.39, 0.29) is 82.0 Å². The van der Waals surface area contributed by atoms with Crippen LogP contribution in [0.4, 0.5) is 0 Å². The van der Waals surface area contributed by atoms with Crippen molar-refractivity contribution in [3.8, 4) is 0 Å². The molecular weight excluding hydrogens is 262 g/mol. The van der Waals surface area contributed by atoms with E-state index in [0.717, 1.165) is 0 Å². The van der Waals surface area contributed by atoms with Gasteiger partial charge < -0.3 is 14.7 Å². The van der Waals surface area contributed by atoms with Crippen molar-refractivity contribution in [3.63, 3.8) is 0 Å². The van der Waals surface area contributed by atoms with Crippen molar-refractivity contribution in [2.45, 2.75) is 13.3 Å². The summed E-state index contributed by atoms with van der Waals surface area (Å²) in [5.41, 5.74) is 0.709. The summed E-state index contributed by atoms with van der Waals surface area (Å²) in [4.78, 5) is 25.2. The Kier molecular flexibility index (Phi) is 25.8. The second kappa shape index (κ2) is 14.3. The number of phosphoric ester groups is 1. The number of phosphoric acid groups is 2. The summed E-state index contributed by atoms with van der Waals surface area (Å²) in [6, 6.07) is 0. The van der Waals surface area contributed by atoms with Crippen molar-refractivity contribution in [1.82, 2.24) is 0 Å². The van der Waals surface area contributed by atoms with Gasteiger partial charge in [0.2, 0.25) is 0 Å². The molecule has 7 nitrogen and oxygen atoms in total. The molecule has 0 fully saturated rings. The summed E-state index contributed by atoms with van der Waals surface area (Å²) in [7, 11) is -9.69. The molecule has 0 radical (unpaired) electrons. The van der Waals surface area contributed by atoms with Crippen LogP contribution in [0, 0.1) is 0 Å². The van der Waals surface area contributed by atoms with Crippen LogP contribution in [0.3, 0.4) is 0 Å². The third-order valence-corrected chi connectivity index (χ3v) is 3.18. The van der Waals surface area contributed by atoms with E-state index >= 15 is 0 Å². The minimum absolute atomic E-state index is 0. The van der Waals surface area contributed by atoms with Gasteiger partial charge in [0, 0.05) is 0 Å². The van der Waals surface area contributed by atoms with Crippen LogP contribution in [-0.2, 0) is 18.0 Å². The Morgan fingerprint density at radius 3 is 1.78 bits per heavy atom. The van der Waals surface area contributed by atoms with E-state index < -0.39 is 15.6 Å². The first-order valence-electron chi connectivity index (χ1n) is 3.51. The second-order valence-corrected chi connectivity index (χ2v) is 5.41. The van der Waals surface area contributed by atoms with Gasteiger partial charge in [-0.2, -0.15) is 4.31 Å². The Morgan fingerprint density at radius 2 is 1.50 bits per heavy atom. The summed E-state index contributed by atoms with van der Waals surface area (Å²) >= 11 is 0. The molecule has 0 aliphatic rings. The molecule has 0 aliphatic carbocycles. The van der Waals surface area contributed by atoms with E-state index in [0.29, 0.717) is 12.0 Å². The molecule has 18 heavy (non-hydrogen) atoms. The number of hydrogen-bond acceptors (Lipinski definition) is 4. The van der Waals surface area contributed by atoms with Crippen LogP contribution in [0.15, 0.2) is 12.2 Å². The third-order valence-electron chi connectivity index (χ3n) is 0.993. The second-order valence-electron chi connectivity index (χ2n) is 2.58. The SMILES string of the molecule is C=C(C)CCOP(=O)(O)OP(=O)(O)O.[Li+].[Li+].[Li+].[Li+]. The van der Waals surface area contributed by atoms with E-state index in [1.54, 1.807) is 6.92 Å². The fraction of sp³-hybridized carbons (Fsp3) is 0.600. The molecule has 0 saturated carbocycles. The Bertz CT molecular complexity index is 306. The summed E-state index contributed by atoms with van der Waals surface area (Å²) in [6.45, 7) is 4.99. The fourth-order valence-electron chi connectivity index (χ4n) is 0.493. The predicted molar refractivity (Wildman–Crippen MR) is 48.3 cm³/mol. The van der Waals surface area contributed by atoms with Crippen molar-refractivity contribution in [1.29, 1.82) is 0 Å². The molecule has 0 aromatic carbocycles. The Balaban J connectivity index is -0.000000141.